The molecular weight excluding hydrogens is 394 g/mol. The maximum Gasteiger partial charge on any atom is 0.209 e. The maximum absolute atomic E-state index is 11.2. The summed E-state index contributed by atoms with van der Waals surface area (Å²) in [5, 5.41) is 49.9. The average Bonchev–Trinajstić information content (AvgIpc) is 2.96. The van der Waals surface area contributed by atoms with Crippen LogP contribution in [0.3, 0.4) is 0 Å². The van der Waals surface area contributed by atoms with Gasteiger partial charge in [0.1, 0.15) is 6.10 Å². The second kappa shape index (κ2) is 5.40. The Morgan fingerprint density at radius 1 is 1.26 bits per heavy atom. The molecule has 2 heterocycles. The van der Waals surface area contributed by atoms with Gasteiger partial charge in [0.05, 0.1) is 6.61 Å². The van der Waals surface area contributed by atoms with Crippen LogP contribution >= 0.6 is 27.5 Å². The Morgan fingerprint density at radius 3 is 2.57 bits per heavy atom. The first-order valence-corrected chi connectivity index (χ1v) is 7.90. The predicted octanol–water partition coefficient (Wildman–Crippen LogP) is 0.0759. The van der Waals surface area contributed by atoms with Gasteiger partial charge in [-0.3, -0.25) is 0 Å². The van der Waals surface area contributed by atoms with Crippen LogP contribution in [0.1, 0.15) is 5.56 Å². The molecule has 0 aliphatic carbocycles. The van der Waals surface area contributed by atoms with Crippen LogP contribution in [0.2, 0.25) is 0 Å². The highest BCUT2D eigenvalue weighted by Gasteiger charge is 2.71. The second-order valence-corrected chi connectivity index (χ2v) is 7.23. The van der Waals surface area contributed by atoms with E-state index in [0.717, 1.165) is 0 Å². The topological polar surface area (TPSA) is 126 Å². The molecule has 0 amide bonds. The first-order chi connectivity index (χ1) is 10.7. The van der Waals surface area contributed by atoms with E-state index in [0.29, 0.717) is 10.9 Å². The summed E-state index contributed by atoms with van der Waals surface area (Å²) in [5.74, 6) is 0. The summed E-state index contributed by atoms with van der Waals surface area (Å²) >= 11 is 8.93. The number of aromatic nitrogens is 1. The van der Waals surface area contributed by atoms with Crippen molar-refractivity contribution in [2.24, 2.45) is 0 Å². The van der Waals surface area contributed by atoms with Crippen LogP contribution in [-0.2, 0) is 10.3 Å². The third kappa shape index (κ3) is 2.11. The Hall–Kier alpha value is -0.710. The van der Waals surface area contributed by atoms with E-state index in [2.05, 4.69) is 20.9 Å². The summed E-state index contributed by atoms with van der Waals surface area (Å²) in [6, 6.07) is 6.86. The summed E-state index contributed by atoms with van der Waals surface area (Å²) in [5.41, 5.74) is -1.76. The molecule has 126 valence electrons. The number of hydrogen-bond acceptors (Lipinski definition) is 6. The highest BCUT2D eigenvalue weighted by atomic mass is 79.9. The molecule has 6 N–H and O–H groups in total. The molecule has 1 aromatic heterocycles. The van der Waals surface area contributed by atoms with Crippen molar-refractivity contribution in [3.05, 3.63) is 36.0 Å². The highest BCUT2D eigenvalue weighted by molar-refractivity contribution is 9.10. The van der Waals surface area contributed by atoms with E-state index in [9.17, 15) is 25.5 Å². The quantitative estimate of drug-likeness (QED) is 0.391. The average molecular weight is 409 g/mol. The largest absolute Gasteiger partial charge is 0.392 e. The highest BCUT2D eigenvalue weighted by Crippen LogP contribution is 2.55. The minimum atomic E-state index is -2.51. The lowest BCUT2D eigenvalue weighted by Crippen LogP contribution is -2.74. The Bertz CT molecular complexity index is 739. The molecular formula is C14H15BrClNO6. The number of H-pyrrole nitrogens is 1. The lowest BCUT2D eigenvalue weighted by atomic mass is 9.78. The maximum atomic E-state index is 11.2. The van der Waals surface area contributed by atoms with E-state index in [1.807, 2.05) is 0 Å². The normalized spacial score (nSPS) is 41.3. The number of para-hydroxylation sites is 1. The minimum Gasteiger partial charge on any atom is -0.392 e. The zero-order chi connectivity index (χ0) is 17.0. The molecule has 2 aromatic rings. The van der Waals surface area contributed by atoms with E-state index in [1.165, 1.54) is 6.20 Å². The van der Waals surface area contributed by atoms with E-state index < -0.39 is 34.2 Å². The minimum absolute atomic E-state index is 0.0841. The number of rotatable bonds is 2. The number of hydrogen-bond donors (Lipinski definition) is 6. The summed E-state index contributed by atoms with van der Waals surface area (Å²) in [7, 11) is 0. The number of aromatic amines is 1. The Morgan fingerprint density at radius 2 is 1.91 bits per heavy atom. The molecule has 9 heteroatoms. The Kier molecular flexibility index (Phi) is 4.02. The van der Waals surface area contributed by atoms with Crippen LogP contribution in [-0.4, -0.2) is 59.1 Å². The number of alkyl halides is 2. The third-order valence-corrected chi connectivity index (χ3v) is 6.16. The summed E-state index contributed by atoms with van der Waals surface area (Å²) < 4.78 is 2.40. The van der Waals surface area contributed by atoms with Gasteiger partial charge in [0, 0.05) is 22.7 Å². The Balaban J connectivity index is 2.28. The first kappa shape index (κ1) is 17.1. The molecule has 0 spiro atoms. The summed E-state index contributed by atoms with van der Waals surface area (Å²) in [6.07, 6.45) is -2.49. The first-order valence-electron chi connectivity index (χ1n) is 6.73. The molecule has 0 radical (unpaired) electrons. The van der Waals surface area contributed by atoms with E-state index in [1.54, 1.807) is 24.3 Å². The molecule has 1 aromatic carbocycles. The molecule has 1 aliphatic heterocycles. The van der Waals surface area contributed by atoms with Crippen LogP contribution in [0.4, 0.5) is 0 Å². The number of aliphatic hydroxyl groups excluding tert-OH is 3. The SMILES string of the molecule is OC[C@@]1(Cl)O[C@H](O)[C@H](O)[C@](O)(c2c[nH]c3ccccc23)[C@]1(O)Br. The van der Waals surface area contributed by atoms with Crippen molar-refractivity contribution < 1.29 is 30.3 Å². The zero-order valence-corrected chi connectivity index (χ0v) is 14.0. The monoisotopic (exact) mass is 407 g/mol. The number of ether oxygens (including phenoxy) is 1. The van der Waals surface area contributed by atoms with Crippen molar-refractivity contribution in [1.82, 2.24) is 4.98 Å². The summed E-state index contributed by atoms with van der Waals surface area (Å²) in [6.45, 7) is -0.940. The molecule has 0 saturated carbocycles. The number of halogens is 2. The van der Waals surface area contributed by atoms with Crippen molar-refractivity contribution in [1.29, 1.82) is 0 Å². The molecule has 1 saturated heterocycles. The third-order valence-electron chi connectivity index (χ3n) is 4.21. The van der Waals surface area contributed by atoms with Gasteiger partial charge in [-0.05, 0) is 22.0 Å². The van der Waals surface area contributed by atoms with Gasteiger partial charge in [-0.25, -0.2) is 0 Å². The number of benzene rings is 1. The van der Waals surface area contributed by atoms with Crippen molar-refractivity contribution >= 4 is 38.4 Å². The van der Waals surface area contributed by atoms with Crippen LogP contribution in [0.15, 0.2) is 30.5 Å². The summed E-state index contributed by atoms with van der Waals surface area (Å²) in [4.78, 5) is 2.90. The fraction of sp³-hybridized carbons (Fsp3) is 0.429. The van der Waals surface area contributed by atoms with E-state index in [4.69, 9.17) is 16.3 Å². The second-order valence-electron chi connectivity index (χ2n) is 5.48. The fourth-order valence-corrected chi connectivity index (χ4v) is 3.79. The van der Waals surface area contributed by atoms with Gasteiger partial charge in [-0.2, -0.15) is 0 Å². The smallest absolute Gasteiger partial charge is 0.209 e. The lowest BCUT2D eigenvalue weighted by molar-refractivity contribution is -0.347. The molecule has 0 unspecified atom stereocenters. The van der Waals surface area contributed by atoms with Crippen LogP contribution in [0, 0.1) is 0 Å². The van der Waals surface area contributed by atoms with Crippen molar-refractivity contribution in [3.8, 4) is 0 Å². The number of aliphatic hydroxyl groups is 5. The van der Waals surface area contributed by atoms with Gasteiger partial charge in [0.2, 0.25) is 9.57 Å². The van der Waals surface area contributed by atoms with Gasteiger partial charge >= 0.3 is 0 Å². The Labute approximate surface area is 144 Å². The van der Waals surface area contributed by atoms with E-state index >= 15 is 0 Å². The van der Waals surface area contributed by atoms with Crippen molar-refractivity contribution in [3.63, 3.8) is 0 Å². The van der Waals surface area contributed by atoms with Gasteiger partial charge in [0.15, 0.2) is 11.9 Å². The van der Waals surface area contributed by atoms with Gasteiger partial charge in [0.25, 0.3) is 0 Å². The number of fused-ring (bicyclic) bond motifs is 1. The van der Waals surface area contributed by atoms with Crippen LogP contribution in [0.25, 0.3) is 10.9 Å². The standard InChI is InChI=1S/C14H15BrClNO6/c15-14(22)12(16,6-18)23-11(20)10(19)13(14,21)8-5-17-9-4-2-1-3-7(8)9/h1-5,10-11,17-22H,6H2/t10-,11-,12+,13+,14-/m0/s1. The van der Waals surface area contributed by atoms with Crippen molar-refractivity contribution in [2.45, 2.75) is 27.6 Å². The van der Waals surface area contributed by atoms with E-state index in [-0.39, 0.29) is 5.56 Å². The van der Waals surface area contributed by atoms with Gasteiger partial charge in [-0.1, -0.05) is 29.8 Å². The van der Waals surface area contributed by atoms with Crippen LogP contribution in [0.5, 0.6) is 0 Å². The van der Waals surface area contributed by atoms with Gasteiger partial charge < -0.3 is 35.3 Å². The molecule has 23 heavy (non-hydrogen) atoms. The molecule has 0 bridgehead atoms. The van der Waals surface area contributed by atoms with Gasteiger partial charge in [-0.15, -0.1) is 0 Å². The molecule has 5 atom stereocenters. The number of nitrogens with one attached hydrogen (secondary N) is 1. The molecule has 1 fully saturated rings. The predicted molar refractivity (Wildman–Crippen MR) is 84.8 cm³/mol. The fourth-order valence-electron chi connectivity index (χ4n) is 2.89. The molecule has 3 rings (SSSR count). The molecule has 1 aliphatic rings. The van der Waals surface area contributed by atoms with Crippen molar-refractivity contribution in [2.75, 3.05) is 6.61 Å². The zero-order valence-electron chi connectivity index (χ0n) is 11.6. The molecule has 7 nitrogen and oxygen atoms in total. The van der Waals surface area contributed by atoms with Crippen LogP contribution < -0.4 is 0 Å². The lowest BCUT2D eigenvalue weighted by Gasteiger charge is -2.54.